The largest absolute Gasteiger partial charge is 0.419 e. The first-order chi connectivity index (χ1) is 11.5. The summed E-state index contributed by atoms with van der Waals surface area (Å²) in [5, 5.41) is 9.14. The van der Waals surface area contributed by atoms with Crippen molar-refractivity contribution in [1.29, 1.82) is 0 Å². The molecule has 1 aliphatic rings. The van der Waals surface area contributed by atoms with E-state index in [1.54, 1.807) is 0 Å². The van der Waals surface area contributed by atoms with Crippen molar-refractivity contribution in [2.75, 3.05) is 11.6 Å². The van der Waals surface area contributed by atoms with Gasteiger partial charge in [0.2, 0.25) is 5.91 Å². The number of aliphatic hydroxyl groups is 1. The van der Waals surface area contributed by atoms with Crippen LogP contribution in [0.2, 0.25) is 5.15 Å². The van der Waals surface area contributed by atoms with Crippen LogP contribution in [-0.4, -0.2) is 39.4 Å². The average molecular weight is 378 g/mol. The number of imide groups is 1. The molecule has 0 fully saturated rings. The van der Waals surface area contributed by atoms with Crippen LogP contribution < -0.4 is 5.01 Å². The molecule has 0 bridgehead atoms. The maximum absolute atomic E-state index is 12.8. The number of hydrogen-bond donors (Lipinski definition) is 1. The van der Waals surface area contributed by atoms with Gasteiger partial charge in [0.1, 0.15) is 5.15 Å². The third-order valence-electron chi connectivity index (χ3n) is 3.43. The van der Waals surface area contributed by atoms with Gasteiger partial charge in [-0.25, -0.2) is 4.98 Å². The van der Waals surface area contributed by atoms with Crippen molar-refractivity contribution in [3.05, 3.63) is 34.0 Å². The molecular weight excluding hydrogens is 367 g/mol. The Morgan fingerprint density at radius 2 is 1.92 bits per heavy atom. The van der Waals surface area contributed by atoms with Crippen LogP contribution in [0.15, 0.2) is 23.3 Å². The lowest BCUT2D eigenvalue weighted by atomic mass is 10.2. The van der Waals surface area contributed by atoms with Gasteiger partial charge in [-0.3, -0.25) is 14.4 Å². The van der Waals surface area contributed by atoms with E-state index in [-0.39, 0.29) is 11.1 Å². The number of aromatic nitrogens is 1. The Hall–Kier alpha value is -2.46. The molecule has 7 nitrogen and oxygen atoms in total. The number of halogens is 4. The quantitative estimate of drug-likeness (QED) is 0.639. The first-order valence-electron chi connectivity index (χ1n) is 6.74. The summed E-state index contributed by atoms with van der Waals surface area (Å²) in [7, 11) is 0. The fraction of sp³-hybridized carbons (Fsp3) is 0.286. The van der Waals surface area contributed by atoms with E-state index in [0.717, 1.165) is 13.0 Å². The van der Waals surface area contributed by atoms with Gasteiger partial charge in [0.25, 0.3) is 11.8 Å². The van der Waals surface area contributed by atoms with Crippen LogP contribution in [0.1, 0.15) is 19.4 Å². The molecule has 1 aliphatic heterocycles. The third-order valence-corrected chi connectivity index (χ3v) is 3.72. The summed E-state index contributed by atoms with van der Waals surface area (Å²) < 4.78 is 38.3. The number of hydrogen-bond acceptors (Lipinski definition) is 5. The highest BCUT2D eigenvalue weighted by Crippen LogP contribution is 2.35. The lowest BCUT2D eigenvalue weighted by Crippen LogP contribution is -2.50. The molecule has 2 rings (SSSR count). The second-order valence-electron chi connectivity index (χ2n) is 5.02. The Morgan fingerprint density at radius 3 is 2.32 bits per heavy atom. The fourth-order valence-electron chi connectivity index (χ4n) is 2.19. The molecule has 1 aromatic rings. The molecule has 0 atom stereocenters. The minimum atomic E-state index is -4.76. The van der Waals surface area contributed by atoms with Crippen LogP contribution in [0.3, 0.4) is 0 Å². The predicted molar refractivity (Wildman–Crippen MR) is 79.0 cm³/mol. The number of hydrazine groups is 1. The molecule has 0 radical (unpaired) electrons. The summed E-state index contributed by atoms with van der Waals surface area (Å²) in [5.74, 6) is -3.18. The van der Waals surface area contributed by atoms with Crippen molar-refractivity contribution >= 4 is 35.1 Å². The van der Waals surface area contributed by atoms with Gasteiger partial charge in [-0.05, 0) is 19.1 Å². The van der Waals surface area contributed by atoms with Crippen molar-refractivity contribution in [2.24, 2.45) is 0 Å². The molecule has 25 heavy (non-hydrogen) atoms. The highest BCUT2D eigenvalue weighted by molar-refractivity contribution is 6.30. The summed E-state index contributed by atoms with van der Waals surface area (Å²) in [4.78, 5) is 39.8. The van der Waals surface area contributed by atoms with Gasteiger partial charge in [-0.1, -0.05) is 11.6 Å². The monoisotopic (exact) mass is 377 g/mol. The lowest BCUT2D eigenvalue weighted by molar-refractivity contribution is -0.142. The number of pyridine rings is 1. The Kier molecular flexibility index (Phi) is 4.87. The van der Waals surface area contributed by atoms with Gasteiger partial charge in [-0.2, -0.15) is 23.2 Å². The topological polar surface area (TPSA) is 90.8 Å². The van der Waals surface area contributed by atoms with Crippen LogP contribution in [0.25, 0.3) is 0 Å². The Bertz CT molecular complexity index is 807. The highest BCUT2D eigenvalue weighted by atomic mass is 35.5. The van der Waals surface area contributed by atoms with E-state index in [2.05, 4.69) is 4.98 Å². The lowest BCUT2D eigenvalue weighted by Gasteiger charge is -2.28. The summed E-state index contributed by atoms with van der Waals surface area (Å²) in [5.41, 5.74) is -1.54. The van der Waals surface area contributed by atoms with E-state index < -0.39 is 47.0 Å². The first kappa shape index (κ1) is 18.9. The van der Waals surface area contributed by atoms with Crippen molar-refractivity contribution in [1.82, 2.24) is 9.99 Å². The predicted octanol–water partition coefficient (Wildman–Crippen LogP) is 1.70. The molecule has 1 aromatic heterocycles. The van der Waals surface area contributed by atoms with Crippen LogP contribution in [-0.2, 0) is 20.6 Å². The normalized spacial score (nSPS) is 15.2. The standard InChI is InChI=1S/C14H11ClF3N3O4/c1-6-8(5-22)13(25)21(12(6)24)20(7(2)23)10-4-3-9(11(15)19-10)14(16,17)18/h3-4,22H,5H2,1-2H3. The minimum Gasteiger partial charge on any atom is -0.391 e. The Balaban J connectivity index is 2.51. The number of nitrogens with zero attached hydrogens (tertiary/aromatic N) is 3. The molecule has 0 saturated heterocycles. The minimum absolute atomic E-state index is 0.0863. The second kappa shape index (κ2) is 6.45. The zero-order chi connectivity index (χ0) is 19.1. The van der Waals surface area contributed by atoms with E-state index in [1.807, 2.05) is 0 Å². The molecule has 0 aliphatic carbocycles. The fourth-order valence-corrected chi connectivity index (χ4v) is 2.45. The van der Waals surface area contributed by atoms with Crippen molar-refractivity contribution in [3.8, 4) is 0 Å². The number of anilines is 1. The smallest absolute Gasteiger partial charge is 0.391 e. The SMILES string of the molecule is CC(=O)N(c1ccc(C(F)(F)F)c(Cl)n1)N1C(=O)C(C)=C(CO)C1=O. The molecule has 0 saturated carbocycles. The van der Waals surface area contributed by atoms with Gasteiger partial charge in [0.05, 0.1) is 17.7 Å². The molecule has 1 N–H and O–H groups in total. The van der Waals surface area contributed by atoms with Crippen LogP contribution >= 0.6 is 11.6 Å². The van der Waals surface area contributed by atoms with Gasteiger partial charge < -0.3 is 5.11 Å². The first-order valence-corrected chi connectivity index (χ1v) is 7.12. The molecule has 134 valence electrons. The third kappa shape index (κ3) is 3.22. The number of aliphatic hydroxyl groups excluding tert-OH is 1. The second-order valence-corrected chi connectivity index (χ2v) is 5.38. The molecule has 2 heterocycles. The summed E-state index contributed by atoms with van der Waals surface area (Å²) in [6, 6.07) is 1.39. The van der Waals surface area contributed by atoms with Gasteiger partial charge >= 0.3 is 6.18 Å². The molecule has 0 unspecified atom stereocenters. The van der Waals surface area contributed by atoms with Crippen molar-refractivity contribution in [2.45, 2.75) is 20.0 Å². The zero-order valence-electron chi connectivity index (χ0n) is 12.9. The van der Waals surface area contributed by atoms with E-state index in [4.69, 9.17) is 11.6 Å². The number of alkyl halides is 3. The number of carbonyl (C=O) groups is 3. The van der Waals surface area contributed by atoms with Crippen LogP contribution in [0.4, 0.5) is 19.0 Å². The zero-order valence-corrected chi connectivity index (χ0v) is 13.6. The van der Waals surface area contributed by atoms with E-state index in [1.165, 1.54) is 6.92 Å². The van der Waals surface area contributed by atoms with Gasteiger partial charge in [0, 0.05) is 12.5 Å². The number of rotatable bonds is 3. The molecule has 11 heteroatoms. The number of amides is 3. The van der Waals surface area contributed by atoms with E-state index in [9.17, 15) is 32.7 Å². The maximum Gasteiger partial charge on any atom is 0.419 e. The van der Waals surface area contributed by atoms with Gasteiger partial charge in [0.15, 0.2) is 5.82 Å². The average Bonchev–Trinajstić information content (AvgIpc) is 2.69. The molecule has 0 aromatic carbocycles. The van der Waals surface area contributed by atoms with E-state index in [0.29, 0.717) is 16.1 Å². The Morgan fingerprint density at radius 1 is 1.32 bits per heavy atom. The number of carbonyl (C=O) groups excluding carboxylic acids is 3. The van der Waals surface area contributed by atoms with Crippen LogP contribution in [0, 0.1) is 0 Å². The van der Waals surface area contributed by atoms with Crippen molar-refractivity contribution in [3.63, 3.8) is 0 Å². The van der Waals surface area contributed by atoms with Gasteiger partial charge in [-0.15, -0.1) is 0 Å². The summed E-state index contributed by atoms with van der Waals surface area (Å²) in [6.45, 7) is 1.52. The molecule has 3 amide bonds. The summed E-state index contributed by atoms with van der Waals surface area (Å²) >= 11 is 5.52. The molecular formula is C14H11ClF3N3O4. The Labute approximate surface area is 144 Å². The van der Waals surface area contributed by atoms with Crippen molar-refractivity contribution < 1.29 is 32.7 Å². The highest BCUT2D eigenvalue weighted by Gasteiger charge is 2.42. The summed E-state index contributed by atoms with van der Waals surface area (Å²) in [6.07, 6.45) is -4.76. The van der Waals surface area contributed by atoms with Crippen LogP contribution in [0.5, 0.6) is 0 Å². The van der Waals surface area contributed by atoms with E-state index >= 15 is 0 Å². The molecule has 0 spiro atoms. The maximum atomic E-state index is 12.8.